The summed E-state index contributed by atoms with van der Waals surface area (Å²) in [6, 6.07) is 0. The second kappa shape index (κ2) is 9.30. The fourth-order valence-corrected chi connectivity index (χ4v) is 4.05. The summed E-state index contributed by atoms with van der Waals surface area (Å²) in [5.74, 6) is 0.548. The first-order valence-electron chi connectivity index (χ1n) is 9.20. The number of carbonyl (C=O) groups excluding carboxylic acids is 1. The van der Waals surface area contributed by atoms with Gasteiger partial charge in [-0.15, -0.1) is 0 Å². The molecule has 2 aliphatic carbocycles. The molecule has 2 aliphatic rings. The molecule has 1 saturated carbocycles. The Morgan fingerprint density at radius 1 is 1.36 bits per heavy atom. The average Bonchev–Trinajstić information content (AvgIpc) is 2.92. The maximum Gasteiger partial charge on any atom is 0.268 e. The molecule has 2 rings (SSSR count). The van der Waals surface area contributed by atoms with Crippen LogP contribution in [0.1, 0.15) is 52.4 Å². The first-order valence-corrected chi connectivity index (χ1v) is 10.1. The normalized spacial score (nSPS) is 27.3. The topological polar surface area (TPSA) is 81.1 Å². The van der Waals surface area contributed by atoms with Gasteiger partial charge in [0.25, 0.3) is 5.91 Å². The summed E-state index contributed by atoms with van der Waals surface area (Å²) in [5, 5.41) is 8.70. The molecule has 138 valence electrons. The van der Waals surface area contributed by atoms with E-state index in [0.717, 1.165) is 42.0 Å². The van der Waals surface area contributed by atoms with E-state index in [9.17, 15) is 4.79 Å². The minimum Gasteiger partial charge on any atom is -0.394 e. The van der Waals surface area contributed by atoms with Crippen LogP contribution in [0, 0.1) is 11.3 Å². The fourth-order valence-electron chi connectivity index (χ4n) is 3.66. The van der Waals surface area contributed by atoms with Crippen LogP contribution in [0.5, 0.6) is 0 Å². The molecule has 0 saturated heterocycles. The summed E-state index contributed by atoms with van der Waals surface area (Å²) in [6.07, 6.45) is 17.1. The van der Waals surface area contributed by atoms with Gasteiger partial charge in [-0.1, -0.05) is 56.2 Å². The zero-order valence-corrected chi connectivity index (χ0v) is 16.2. The van der Waals surface area contributed by atoms with E-state index in [1.54, 1.807) is 0 Å². The number of hydrogen-bond acceptors (Lipinski definition) is 4. The molecule has 0 atom stereocenters. The van der Waals surface area contributed by atoms with Crippen LogP contribution in [0.2, 0.25) is 0 Å². The lowest BCUT2D eigenvalue weighted by molar-refractivity contribution is -0.118. The van der Waals surface area contributed by atoms with Gasteiger partial charge in [0.1, 0.15) is 5.70 Å². The Balaban J connectivity index is 2.16. The minimum absolute atomic E-state index is 0.00715. The molecule has 0 aromatic rings. The van der Waals surface area contributed by atoms with E-state index in [4.69, 9.17) is 10.9 Å². The highest BCUT2D eigenvalue weighted by Gasteiger charge is 2.37. The number of rotatable bonds is 6. The lowest BCUT2D eigenvalue weighted by atomic mass is 9.66. The summed E-state index contributed by atoms with van der Waals surface area (Å²) in [5.41, 5.74) is 7.60. The third-order valence-electron chi connectivity index (χ3n) is 5.44. The monoisotopic (exact) mass is 361 g/mol. The van der Waals surface area contributed by atoms with Crippen LogP contribution in [0.25, 0.3) is 0 Å². The van der Waals surface area contributed by atoms with Crippen molar-refractivity contribution >= 4 is 17.9 Å². The zero-order chi connectivity index (χ0) is 18.3. The molecule has 0 radical (unpaired) electrons. The van der Waals surface area contributed by atoms with Crippen molar-refractivity contribution in [2.24, 2.45) is 22.2 Å². The summed E-state index contributed by atoms with van der Waals surface area (Å²) < 4.78 is 0. The van der Waals surface area contributed by atoms with E-state index in [0.29, 0.717) is 13.0 Å². The highest BCUT2D eigenvalue weighted by molar-refractivity contribution is 8.00. The maximum absolute atomic E-state index is 12.5. The Hall–Kier alpha value is -1.46. The van der Waals surface area contributed by atoms with Crippen molar-refractivity contribution in [3.05, 3.63) is 46.6 Å². The predicted molar refractivity (Wildman–Crippen MR) is 107 cm³/mol. The molecule has 1 amide bonds. The van der Waals surface area contributed by atoms with Crippen molar-refractivity contribution in [2.75, 3.05) is 6.54 Å². The van der Waals surface area contributed by atoms with Crippen molar-refractivity contribution in [3.63, 3.8) is 0 Å². The van der Waals surface area contributed by atoms with Crippen LogP contribution in [0.3, 0.4) is 0 Å². The molecule has 0 aromatic heterocycles. The van der Waals surface area contributed by atoms with Gasteiger partial charge in [-0.2, -0.15) is 0 Å². The molecule has 0 aromatic carbocycles. The van der Waals surface area contributed by atoms with Gasteiger partial charge in [0.05, 0.1) is 0 Å². The van der Waals surface area contributed by atoms with Gasteiger partial charge in [-0.25, -0.2) is 0 Å². The Bertz CT molecular complexity index is 590. The first kappa shape index (κ1) is 19.9. The quantitative estimate of drug-likeness (QED) is 0.494. The molecule has 4 nitrogen and oxygen atoms in total. The second-order valence-electron chi connectivity index (χ2n) is 7.14. The van der Waals surface area contributed by atoms with Gasteiger partial charge in [-0.05, 0) is 50.0 Å². The van der Waals surface area contributed by atoms with Gasteiger partial charge in [0, 0.05) is 16.9 Å². The van der Waals surface area contributed by atoms with Gasteiger partial charge in [0.15, 0.2) is 0 Å². The minimum atomic E-state index is -0.205. The van der Waals surface area contributed by atoms with Gasteiger partial charge >= 0.3 is 0 Å². The number of allylic oxidation sites excluding steroid dienone is 6. The molecule has 0 unspecified atom stereocenters. The fraction of sp³-hybridized carbons (Fsp3) is 0.550. The summed E-state index contributed by atoms with van der Waals surface area (Å²) >= 11 is 1.06. The lowest BCUT2D eigenvalue weighted by Gasteiger charge is -2.41. The molecule has 1 fully saturated rings. The van der Waals surface area contributed by atoms with Crippen LogP contribution in [0.4, 0.5) is 0 Å². The summed E-state index contributed by atoms with van der Waals surface area (Å²) in [7, 11) is 0. The lowest BCUT2D eigenvalue weighted by Crippen LogP contribution is -2.42. The summed E-state index contributed by atoms with van der Waals surface area (Å²) in [6.45, 7) is 4.89. The van der Waals surface area contributed by atoms with Crippen molar-refractivity contribution < 1.29 is 4.79 Å². The van der Waals surface area contributed by atoms with Crippen LogP contribution < -0.4 is 16.2 Å². The molecule has 0 aliphatic heterocycles. The second-order valence-corrected chi connectivity index (χ2v) is 7.86. The van der Waals surface area contributed by atoms with Crippen molar-refractivity contribution in [2.45, 2.75) is 52.4 Å². The van der Waals surface area contributed by atoms with E-state index in [1.807, 2.05) is 6.92 Å². The largest absolute Gasteiger partial charge is 0.394 e. The smallest absolute Gasteiger partial charge is 0.268 e. The number of nitrogens with two attached hydrogens (primary N) is 2. The molecule has 25 heavy (non-hydrogen) atoms. The van der Waals surface area contributed by atoms with Gasteiger partial charge in [-0.3, -0.25) is 9.93 Å². The first-order chi connectivity index (χ1) is 12.0. The third kappa shape index (κ3) is 5.02. The highest BCUT2D eigenvalue weighted by atomic mass is 32.2. The van der Waals surface area contributed by atoms with Crippen LogP contribution in [-0.4, -0.2) is 12.5 Å². The number of amides is 1. The maximum atomic E-state index is 12.5. The molecule has 5 heteroatoms. The van der Waals surface area contributed by atoms with Crippen LogP contribution in [0.15, 0.2) is 46.6 Å². The molecule has 0 heterocycles. The SMILES string of the molecule is CC/C(SN)=C(/N)C(=O)NCC1(C2=CCC=CC=C2)CCC(C)CC1. The van der Waals surface area contributed by atoms with E-state index in [-0.39, 0.29) is 17.0 Å². The van der Waals surface area contributed by atoms with E-state index >= 15 is 0 Å². The zero-order valence-electron chi connectivity index (χ0n) is 15.4. The molecule has 5 N–H and O–H groups in total. The molecule has 0 spiro atoms. The average molecular weight is 362 g/mol. The Morgan fingerprint density at radius 3 is 2.72 bits per heavy atom. The number of nitrogens with one attached hydrogen (secondary N) is 1. The highest BCUT2D eigenvalue weighted by Crippen LogP contribution is 2.45. The van der Waals surface area contributed by atoms with Crippen molar-refractivity contribution in [1.29, 1.82) is 0 Å². The van der Waals surface area contributed by atoms with E-state index in [2.05, 4.69) is 42.6 Å². The van der Waals surface area contributed by atoms with E-state index < -0.39 is 0 Å². The number of carbonyl (C=O) groups is 1. The Morgan fingerprint density at radius 2 is 2.08 bits per heavy atom. The molecule has 0 bridgehead atoms. The molecular formula is C20H31N3OS. The van der Waals surface area contributed by atoms with Gasteiger partial charge in [0.2, 0.25) is 0 Å². The Labute approximate surface area is 156 Å². The third-order valence-corrected chi connectivity index (χ3v) is 6.23. The van der Waals surface area contributed by atoms with Gasteiger partial charge < -0.3 is 11.1 Å². The van der Waals surface area contributed by atoms with Crippen LogP contribution in [-0.2, 0) is 4.79 Å². The molecular weight excluding hydrogens is 330 g/mol. The Kier molecular flexibility index (Phi) is 7.38. The van der Waals surface area contributed by atoms with E-state index in [1.165, 1.54) is 18.4 Å². The number of hydrogen-bond donors (Lipinski definition) is 3. The standard InChI is InChI=1S/C20H31N3OS/c1-3-17(25-22)18(21)19(24)23-14-20(12-10-15(2)11-13-20)16-8-6-4-5-7-9-16/h4-6,8-9,15H,3,7,10-14,21-22H2,1-2H3,(H,23,24)/b18-17-. The van der Waals surface area contributed by atoms with Crippen molar-refractivity contribution in [1.82, 2.24) is 5.32 Å². The van der Waals surface area contributed by atoms with Crippen molar-refractivity contribution in [3.8, 4) is 0 Å². The van der Waals surface area contributed by atoms with Crippen LogP contribution >= 0.6 is 11.9 Å². The predicted octanol–water partition coefficient (Wildman–Crippen LogP) is 3.93. The summed E-state index contributed by atoms with van der Waals surface area (Å²) in [4.78, 5) is 13.2.